The number of ether oxygens (including phenoxy) is 3. The zero-order valence-electron chi connectivity index (χ0n) is 19.1. The maximum absolute atomic E-state index is 13.2. The van der Waals surface area contributed by atoms with Crippen LogP contribution >= 0.6 is 0 Å². The van der Waals surface area contributed by atoms with Gasteiger partial charge in [0.2, 0.25) is 0 Å². The van der Waals surface area contributed by atoms with Crippen LogP contribution in [0.5, 0.6) is 11.5 Å². The number of carbonyl (C=O) groups is 2. The first-order valence-electron chi connectivity index (χ1n) is 11.2. The molecule has 0 aliphatic carbocycles. The van der Waals surface area contributed by atoms with Crippen LogP contribution in [0, 0.1) is 0 Å². The van der Waals surface area contributed by atoms with Crippen molar-refractivity contribution < 1.29 is 28.9 Å². The Balaban J connectivity index is 1.79. The quantitative estimate of drug-likeness (QED) is 0.388. The van der Waals surface area contributed by atoms with Crippen LogP contribution in [0.15, 0.2) is 54.1 Å². The van der Waals surface area contributed by atoms with E-state index in [4.69, 9.17) is 14.2 Å². The number of ketones is 1. The van der Waals surface area contributed by atoms with Gasteiger partial charge in [-0.3, -0.25) is 9.59 Å². The Kier molecular flexibility index (Phi) is 6.70. The Labute approximate surface area is 193 Å². The number of Topliss-reactive ketones (excluding diaryl/α,β-unsaturated/α-hetero) is 1. The minimum absolute atomic E-state index is 0.0429. The number of methoxy groups -OCH3 is 1. The fourth-order valence-corrected chi connectivity index (χ4v) is 4.35. The normalized spacial score (nSPS) is 22.2. The molecule has 0 spiro atoms. The molecule has 0 radical (unpaired) electrons. The molecule has 0 saturated carbocycles. The third-order valence-corrected chi connectivity index (χ3v) is 5.88. The van der Waals surface area contributed by atoms with Crippen LogP contribution in [-0.4, -0.2) is 54.2 Å². The van der Waals surface area contributed by atoms with Gasteiger partial charge in [0.15, 0.2) is 0 Å². The molecule has 2 aromatic carbocycles. The minimum Gasteiger partial charge on any atom is -0.507 e. The number of hydrogen-bond acceptors (Lipinski definition) is 6. The summed E-state index contributed by atoms with van der Waals surface area (Å²) in [5.41, 5.74) is 1.19. The molecule has 174 valence electrons. The fraction of sp³-hybridized carbons (Fsp3) is 0.385. The van der Waals surface area contributed by atoms with Crippen LogP contribution in [0.1, 0.15) is 43.9 Å². The summed E-state index contributed by atoms with van der Waals surface area (Å²) in [6.07, 6.45) is 1.57. The predicted octanol–water partition coefficient (Wildman–Crippen LogP) is 4.08. The lowest BCUT2D eigenvalue weighted by Crippen LogP contribution is -2.36. The van der Waals surface area contributed by atoms with E-state index in [9.17, 15) is 14.7 Å². The van der Waals surface area contributed by atoms with Gasteiger partial charge in [-0.2, -0.15) is 0 Å². The smallest absolute Gasteiger partial charge is 0.295 e. The Morgan fingerprint density at radius 2 is 1.91 bits per heavy atom. The molecule has 4 rings (SSSR count). The van der Waals surface area contributed by atoms with Gasteiger partial charge in [-0.15, -0.1) is 0 Å². The number of amides is 1. The second-order valence-electron chi connectivity index (χ2n) is 8.55. The van der Waals surface area contributed by atoms with Crippen molar-refractivity contribution in [3.8, 4) is 11.5 Å². The van der Waals surface area contributed by atoms with Gasteiger partial charge in [0.25, 0.3) is 11.7 Å². The molecule has 2 aliphatic rings. The monoisotopic (exact) mass is 451 g/mol. The van der Waals surface area contributed by atoms with Crippen LogP contribution in [0.4, 0.5) is 0 Å². The van der Waals surface area contributed by atoms with Crippen LogP contribution in [0.3, 0.4) is 0 Å². The number of carbonyl (C=O) groups excluding carboxylic acids is 2. The van der Waals surface area contributed by atoms with E-state index in [-0.39, 0.29) is 30.1 Å². The summed E-state index contributed by atoms with van der Waals surface area (Å²) in [4.78, 5) is 27.8. The molecule has 0 bridgehead atoms. The predicted molar refractivity (Wildman–Crippen MR) is 123 cm³/mol. The number of benzene rings is 2. The van der Waals surface area contributed by atoms with Crippen molar-refractivity contribution in [3.63, 3.8) is 0 Å². The third-order valence-electron chi connectivity index (χ3n) is 5.88. The number of aliphatic hydroxyl groups is 1. The lowest BCUT2D eigenvalue weighted by Gasteiger charge is -2.27. The zero-order chi connectivity index (χ0) is 23.5. The number of nitrogens with zero attached hydrogens (tertiary/aromatic N) is 1. The molecule has 2 saturated heterocycles. The lowest BCUT2D eigenvalue weighted by molar-refractivity contribution is -0.140. The zero-order valence-corrected chi connectivity index (χ0v) is 19.1. The van der Waals surface area contributed by atoms with Crippen molar-refractivity contribution in [3.05, 3.63) is 65.2 Å². The average Bonchev–Trinajstić information content (AvgIpc) is 3.41. The van der Waals surface area contributed by atoms with Gasteiger partial charge in [0.05, 0.1) is 30.9 Å². The molecular weight excluding hydrogens is 422 g/mol. The molecule has 0 aromatic heterocycles. The third kappa shape index (κ3) is 4.73. The largest absolute Gasteiger partial charge is 0.507 e. The first kappa shape index (κ1) is 22.9. The van der Waals surface area contributed by atoms with Gasteiger partial charge in [-0.1, -0.05) is 24.3 Å². The molecule has 2 heterocycles. The van der Waals surface area contributed by atoms with Gasteiger partial charge >= 0.3 is 0 Å². The van der Waals surface area contributed by atoms with Crippen LogP contribution in [-0.2, 0) is 14.3 Å². The van der Waals surface area contributed by atoms with Crippen molar-refractivity contribution in [1.29, 1.82) is 0 Å². The Hall–Kier alpha value is -3.32. The van der Waals surface area contributed by atoms with Gasteiger partial charge in [-0.05, 0) is 56.5 Å². The van der Waals surface area contributed by atoms with E-state index >= 15 is 0 Å². The highest BCUT2D eigenvalue weighted by molar-refractivity contribution is 6.46. The number of rotatable bonds is 7. The van der Waals surface area contributed by atoms with Gasteiger partial charge in [0, 0.05) is 18.7 Å². The number of hydrogen-bond donors (Lipinski definition) is 1. The van der Waals surface area contributed by atoms with E-state index < -0.39 is 17.7 Å². The number of aliphatic hydroxyl groups excluding tert-OH is 1. The Morgan fingerprint density at radius 1 is 1.15 bits per heavy atom. The van der Waals surface area contributed by atoms with E-state index in [1.54, 1.807) is 43.5 Å². The van der Waals surface area contributed by atoms with Crippen LogP contribution in [0.2, 0.25) is 0 Å². The Morgan fingerprint density at radius 3 is 2.55 bits per heavy atom. The van der Waals surface area contributed by atoms with E-state index in [1.165, 1.54) is 4.90 Å². The molecule has 7 heteroatoms. The first-order valence-corrected chi connectivity index (χ1v) is 11.2. The number of likely N-dealkylation sites (tertiary alicyclic amines) is 1. The maximum Gasteiger partial charge on any atom is 0.295 e. The maximum atomic E-state index is 13.2. The standard InChI is InChI=1S/C26H29NO6/c1-16(2)33-20-7-4-6-18(14-20)24(28)22-23(17-9-11-19(31-3)12-10-17)27(26(30)25(22)29)15-21-8-5-13-32-21/h4,6-7,9-12,14,16,21,23,28H,5,8,13,15H2,1-3H3/b24-22-. The molecule has 33 heavy (non-hydrogen) atoms. The van der Waals surface area contributed by atoms with E-state index in [1.807, 2.05) is 26.0 Å². The summed E-state index contributed by atoms with van der Waals surface area (Å²) < 4.78 is 16.7. The molecule has 2 unspecified atom stereocenters. The molecule has 2 fully saturated rings. The second-order valence-corrected chi connectivity index (χ2v) is 8.55. The highest BCUT2D eigenvalue weighted by Gasteiger charge is 2.47. The molecule has 2 aliphatic heterocycles. The molecule has 7 nitrogen and oxygen atoms in total. The highest BCUT2D eigenvalue weighted by Crippen LogP contribution is 2.40. The SMILES string of the molecule is COc1ccc(C2/C(=C(/O)c3cccc(OC(C)C)c3)C(=O)C(=O)N2CC2CCCO2)cc1. The van der Waals surface area contributed by atoms with E-state index in [0.717, 1.165) is 12.8 Å². The van der Waals surface area contributed by atoms with E-state index in [0.29, 0.717) is 29.2 Å². The van der Waals surface area contributed by atoms with Crippen molar-refractivity contribution in [2.24, 2.45) is 0 Å². The molecule has 2 aromatic rings. The van der Waals surface area contributed by atoms with Crippen molar-refractivity contribution in [2.45, 2.75) is 44.9 Å². The van der Waals surface area contributed by atoms with Crippen molar-refractivity contribution in [2.75, 3.05) is 20.3 Å². The summed E-state index contributed by atoms with van der Waals surface area (Å²) in [7, 11) is 1.57. The van der Waals surface area contributed by atoms with Gasteiger partial charge in [0.1, 0.15) is 17.3 Å². The van der Waals surface area contributed by atoms with Crippen molar-refractivity contribution in [1.82, 2.24) is 4.90 Å². The van der Waals surface area contributed by atoms with Crippen LogP contribution in [0.25, 0.3) is 5.76 Å². The lowest BCUT2D eigenvalue weighted by atomic mass is 9.95. The first-order chi connectivity index (χ1) is 15.9. The summed E-state index contributed by atoms with van der Waals surface area (Å²) in [5.74, 6) is -0.334. The molecule has 1 amide bonds. The Bertz CT molecular complexity index is 1050. The molecule has 2 atom stereocenters. The van der Waals surface area contributed by atoms with E-state index in [2.05, 4.69) is 0 Å². The molecule has 1 N–H and O–H groups in total. The highest BCUT2D eigenvalue weighted by atomic mass is 16.5. The topological polar surface area (TPSA) is 85.3 Å². The minimum atomic E-state index is -0.727. The summed E-state index contributed by atoms with van der Waals surface area (Å²) in [6.45, 7) is 4.75. The second kappa shape index (κ2) is 9.67. The summed E-state index contributed by atoms with van der Waals surface area (Å²) in [6, 6.07) is 13.3. The van der Waals surface area contributed by atoms with Gasteiger partial charge in [-0.25, -0.2) is 0 Å². The van der Waals surface area contributed by atoms with Gasteiger partial charge < -0.3 is 24.2 Å². The summed E-state index contributed by atoms with van der Waals surface area (Å²) in [5, 5.41) is 11.2. The average molecular weight is 452 g/mol. The molecular formula is C26H29NO6. The van der Waals surface area contributed by atoms with Crippen molar-refractivity contribution >= 4 is 17.4 Å². The van der Waals surface area contributed by atoms with Crippen LogP contribution < -0.4 is 9.47 Å². The fourth-order valence-electron chi connectivity index (χ4n) is 4.35. The summed E-state index contributed by atoms with van der Waals surface area (Å²) >= 11 is 0.